The molecule has 0 aromatic heterocycles. The van der Waals surface area contributed by atoms with Crippen LogP contribution in [-0.4, -0.2) is 49.2 Å². The third-order valence-electron chi connectivity index (χ3n) is 4.51. The number of amides is 1. The number of hydrogen-bond donors (Lipinski definition) is 1. The van der Waals surface area contributed by atoms with Crippen LogP contribution in [0.25, 0.3) is 0 Å². The van der Waals surface area contributed by atoms with Crippen molar-refractivity contribution in [3.8, 4) is 0 Å². The molecule has 148 valence electrons. The fourth-order valence-electron chi connectivity index (χ4n) is 3.09. The van der Waals surface area contributed by atoms with Gasteiger partial charge in [-0.2, -0.15) is 0 Å². The Kier molecular flexibility index (Phi) is 7.06. The molecule has 0 saturated carbocycles. The van der Waals surface area contributed by atoms with Crippen LogP contribution in [-0.2, 0) is 20.9 Å². The lowest BCUT2D eigenvalue weighted by Crippen LogP contribution is -3.11. The summed E-state index contributed by atoms with van der Waals surface area (Å²) in [6.07, 6.45) is 0. The molecule has 1 heterocycles. The van der Waals surface area contributed by atoms with Gasteiger partial charge in [-0.15, -0.1) is 11.8 Å². The number of halogens is 1. The first kappa shape index (κ1) is 20.4. The SMILES string of the molecule is C[NH+](CC(=O)OCc1ccccc1)CC(=O)N1CCS[C@@H]1c1ccc(F)cc1. The molecule has 1 N–H and O–H groups in total. The zero-order valence-electron chi connectivity index (χ0n) is 15.8. The van der Waals surface area contributed by atoms with Crippen LogP contribution in [0.4, 0.5) is 4.39 Å². The number of carbonyl (C=O) groups is 2. The lowest BCUT2D eigenvalue weighted by Gasteiger charge is -2.25. The predicted octanol–water partition coefficient (Wildman–Crippen LogP) is 1.66. The van der Waals surface area contributed by atoms with Crippen molar-refractivity contribution in [2.24, 2.45) is 0 Å². The summed E-state index contributed by atoms with van der Waals surface area (Å²) >= 11 is 1.67. The van der Waals surface area contributed by atoms with Crippen molar-refractivity contribution in [3.05, 3.63) is 71.5 Å². The van der Waals surface area contributed by atoms with Gasteiger partial charge in [0.2, 0.25) is 0 Å². The van der Waals surface area contributed by atoms with Crippen molar-refractivity contribution in [1.82, 2.24) is 4.90 Å². The topological polar surface area (TPSA) is 51.1 Å². The van der Waals surface area contributed by atoms with E-state index in [2.05, 4.69) is 0 Å². The first-order valence-electron chi connectivity index (χ1n) is 9.20. The van der Waals surface area contributed by atoms with Crippen LogP contribution in [0.2, 0.25) is 0 Å². The highest BCUT2D eigenvalue weighted by Gasteiger charge is 2.32. The van der Waals surface area contributed by atoms with Gasteiger partial charge in [-0.25, -0.2) is 9.18 Å². The molecule has 1 aliphatic rings. The van der Waals surface area contributed by atoms with Crippen LogP contribution < -0.4 is 4.90 Å². The second kappa shape index (κ2) is 9.71. The van der Waals surface area contributed by atoms with Crippen molar-refractivity contribution >= 4 is 23.6 Å². The molecule has 1 amide bonds. The molecule has 2 atom stereocenters. The fourth-order valence-corrected chi connectivity index (χ4v) is 4.36. The highest BCUT2D eigenvalue weighted by molar-refractivity contribution is 7.99. The van der Waals surface area contributed by atoms with Crippen LogP contribution >= 0.6 is 11.8 Å². The number of quaternary nitrogens is 1. The van der Waals surface area contributed by atoms with Gasteiger partial charge in [0.05, 0.1) is 7.05 Å². The summed E-state index contributed by atoms with van der Waals surface area (Å²) < 4.78 is 18.4. The number of benzene rings is 2. The molecule has 0 spiro atoms. The Balaban J connectivity index is 1.49. The standard InChI is InChI=1S/C21H23FN2O3S/c1-23(14-20(26)27-15-16-5-3-2-4-6-16)13-19(25)24-11-12-28-21(24)17-7-9-18(22)10-8-17/h2-10,21H,11-15H2,1H3/p+1/t21-/m1/s1. The number of rotatable bonds is 7. The van der Waals surface area contributed by atoms with Gasteiger partial charge in [0.25, 0.3) is 5.91 Å². The third kappa shape index (κ3) is 5.56. The van der Waals surface area contributed by atoms with Crippen LogP contribution in [0.15, 0.2) is 54.6 Å². The molecular formula is C21H24FN2O3S+. The van der Waals surface area contributed by atoms with E-state index in [0.29, 0.717) is 6.54 Å². The highest BCUT2D eigenvalue weighted by atomic mass is 32.2. The molecule has 1 unspecified atom stereocenters. The molecule has 0 aliphatic carbocycles. The zero-order valence-corrected chi connectivity index (χ0v) is 16.6. The molecule has 0 bridgehead atoms. The maximum Gasteiger partial charge on any atom is 0.362 e. The predicted molar refractivity (Wildman–Crippen MR) is 106 cm³/mol. The molecule has 2 aromatic rings. The number of ether oxygens (including phenoxy) is 1. The van der Waals surface area contributed by atoms with E-state index in [0.717, 1.165) is 21.8 Å². The summed E-state index contributed by atoms with van der Waals surface area (Å²) in [6, 6.07) is 15.8. The van der Waals surface area contributed by atoms with E-state index in [1.54, 1.807) is 35.8 Å². The van der Waals surface area contributed by atoms with Gasteiger partial charge >= 0.3 is 5.97 Å². The average Bonchev–Trinajstić information content (AvgIpc) is 3.17. The van der Waals surface area contributed by atoms with Crippen molar-refractivity contribution in [2.75, 3.05) is 32.4 Å². The van der Waals surface area contributed by atoms with Crippen LogP contribution in [0, 0.1) is 5.82 Å². The average molecular weight is 403 g/mol. The second-order valence-electron chi connectivity index (χ2n) is 6.82. The number of carbonyl (C=O) groups excluding carboxylic acids is 2. The molecule has 28 heavy (non-hydrogen) atoms. The maximum atomic E-state index is 13.2. The van der Waals surface area contributed by atoms with Crippen molar-refractivity contribution in [1.29, 1.82) is 0 Å². The minimum Gasteiger partial charge on any atom is -0.457 e. The first-order chi connectivity index (χ1) is 13.5. The van der Waals surface area contributed by atoms with E-state index < -0.39 is 0 Å². The zero-order chi connectivity index (χ0) is 19.9. The number of nitrogens with zero attached hydrogens (tertiary/aromatic N) is 1. The lowest BCUT2D eigenvalue weighted by atomic mass is 10.2. The molecule has 3 rings (SSSR count). The van der Waals surface area contributed by atoms with E-state index in [1.165, 1.54) is 12.1 Å². The summed E-state index contributed by atoms with van der Waals surface area (Å²) in [5.41, 5.74) is 1.85. The Labute approximate surface area is 168 Å². The number of esters is 1. The summed E-state index contributed by atoms with van der Waals surface area (Å²) in [5, 5.41) is -0.106. The summed E-state index contributed by atoms with van der Waals surface area (Å²) in [5.74, 6) is 0.196. The summed E-state index contributed by atoms with van der Waals surface area (Å²) in [7, 11) is 1.80. The molecule has 0 radical (unpaired) electrons. The summed E-state index contributed by atoms with van der Waals surface area (Å²) in [6.45, 7) is 1.22. The molecule has 1 saturated heterocycles. The fraction of sp³-hybridized carbons (Fsp3) is 0.333. The van der Waals surface area contributed by atoms with Crippen LogP contribution in [0.3, 0.4) is 0 Å². The van der Waals surface area contributed by atoms with E-state index in [1.807, 2.05) is 30.3 Å². The monoisotopic (exact) mass is 403 g/mol. The van der Waals surface area contributed by atoms with Gasteiger partial charge in [0, 0.05) is 12.3 Å². The normalized spacial score (nSPS) is 17.4. The Hall–Kier alpha value is -2.38. The van der Waals surface area contributed by atoms with Crippen molar-refractivity contribution in [3.63, 3.8) is 0 Å². The first-order valence-corrected chi connectivity index (χ1v) is 10.2. The van der Waals surface area contributed by atoms with Gasteiger partial charge in [-0.05, 0) is 23.3 Å². The Bertz CT molecular complexity index is 801. The van der Waals surface area contributed by atoms with E-state index in [9.17, 15) is 14.0 Å². The van der Waals surface area contributed by atoms with Crippen LogP contribution in [0.1, 0.15) is 16.5 Å². The maximum absolute atomic E-state index is 13.2. The van der Waals surface area contributed by atoms with E-state index in [4.69, 9.17) is 4.74 Å². The molecule has 1 fully saturated rings. The number of hydrogen-bond acceptors (Lipinski definition) is 4. The third-order valence-corrected chi connectivity index (χ3v) is 5.77. The van der Waals surface area contributed by atoms with Gasteiger partial charge in [0.15, 0.2) is 13.1 Å². The molecular weight excluding hydrogens is 379 g/mol. The van der Waals surface area contributed by atoms with Crippen molar-refractivity contribution in [2.45, 2.75) is 12.0 Å². The smallest absolute Gasteiger partial charge is 0.362 e. The second-order valence-corrected chi connectivity index (χ2v) is 8.01. The van der Waals surface area contributed by atoms with Gasteiger partial charge in [-0.3, -0.25) is 4.79 Å². The molecule has 7 heteroatoms. The van der Waals surface area contributed by atoms with Gasteiger partial charge in [-0.1, -0.05) is 42.5 Å². The molecule has 2 aromatic carbocycles. The number of thioether (sulfide) groups is 1. The quantitative estimate of drug-likeness (QED) is 0.715. The van der Waals surface area contributed by atoms with E-state index in [-0.39, 0.29) is 42.8 Å². The molecule has 5 nitrogen and oxygen atoms in total. The highest BCUT2D eigenvalue weighted by Crippen LogP contribution is 2.37. The number of nitrogens with one attached hydrogen (secondary N) is 1. The van der Waals surface area contributed by atoms with E-state index >= 15 is 0 Å². The number of likely N-dealkylation sites (N-methyl/N-ethyl adjacent to an activating group) is 1. The minimum absolute atomic E-state index is 0.0207. The lowest BCUT2D eigenvalue weighted by molar-refractivity contribution is -0.863. The Morgan fingerprint density at radius 3 is 2.57 bits per heavy atom. The van der Waals surface area contributed by atoms with Gasteiger partial charge < -0.3 is 14.5 Å². The van der Waals surface area contributed by atoms with Gasteiger partial charge in [0.1, 0.15) is 17.8 Å². The molecule has 1 aliphatic heterocycles. The Morgan fingerprint density at radius 1 is 1.14 bits per heavy atom. The summed E-state index contributed by atoms with van der Waals surface area (Å²) in [4.78, 5) is 27.4. The minimum atomic E-state index is -0.333. The Morgan fingerprint density at radius 2 is 1.86 bits per heavy atom. The van der Waals surface area contributed by atoms with Crippen LogP contribution in [0.5, 0.6) is 0 Å². The van der Waals surface area contributed by atoms with Crippen molar-refractivity contribution < 1.29 is 23.6 Å². The largest absolute Gasteiger partial charge is 0.457 e.